The maximum Gasteiger partial charge on any atom is 0.490 e. The fraction of sp³-hybridized carbons (Fsp3) is 0.222. The van der Waals surface area contributed by atoms with Crippen LogP contribution in [0.2, 0.25) is 0 Å². The van der Waals surface area contributed by atoms with Gasteiger partial charge in [0.1, 0.15) is 12.4 Å². The Morgan fingerprint density at radius 1 is 1.45 bits per heavy atom. The van der Waals surface area contributed by atoms with Crippen molar-refractivity contribution in [1.29, 1.82) is 0 Å². The second-order valence-corrected chi connectivity index (χ2v) is 4.03. The molecule has 0 aliphatic carbocycles. The van der Waals surface area contributed by atoms with E-state index in [1.54, 1.807) is 17.9 Å². The molecule has 3 heterocycles. The van der Waals surface area contributed by atoms with Gasteiger partial charge in [0.2, 0.25) is 6.33 Å². The molecular weight excluding hydrogens is 266 g/mol. The highest BCUT2D eigenvalue weighted by atomic mass is 16.6. The van der Waals surface area contributed by atoms with Crippen LogP contribution in [0.1, 0.15) is 5.82 Å². The highest BCUT2D eigenvalue weighted by Gasteiger charge is 2.15. The van der Waals surface area contributed by atoms with Crippen LogP contribution < -0.4 is 5.73 Å². The van der Waals surface area contributed by atoms with Gasteiger partial charge in [0.15, 0.2) is 11.5 Å². The number of nitrogen functional groups attached to an aromatic ring is 1. The standard InChI is InChI=1S/C9H9N9O2/c1-16-8-5(2-12-16)7(10)13-6(14-8)3-17-4-11-9(15-17)18(19)20/h2,4H,3H2,1H3,(H2,10,13,14). The Morgan fingerprint density at radius 2 is 2.25 bits per heavy atom. The maximum atomic E-state index is 10.5. The lowest BCUT2D eigenvalue weighted by Gasteiger charge is -2.01. The zero-order chi connectivity index (χ0) is 14.3. The predicted molar refractivity (Wildman–Crippen MR) is 66.5 cm³/mol. The van der Waals surface area contributed by atoms with Gasteiger partial charge in [-0.15, -0.1) is 0 Å². The SMILES string of the molecule is Cn1ncc2c(N)nc(Cn3cnc([N+](=O)[O-])n3)nc21. The molecule has 0 amide bonds. The van der Waals surface area contributed by atoms with Crippen LogP contribution in [0.4, 0.5) is 11.8 Å². The number of hydrogen-bond donors (Lipinski definition) is 1. The minimum absolute atomic E-state index is 0.131. The van der Waals surface area contributed by atoms with Gasteiger partial charge in [-0.1, -0.05) is 4.98 Å². The lowest BCUT2D eigenvalue weighted by atomic mass is 10.4. The third-order valence-electron chi connectivity index (χ3n) is 2.66. The van der Waals surface area contributed by atoms with Crippen molar-refractivity contribution < 1.29 is 4.92 Å². The van der Waals surface area contributed by atoms with Crippen molar-refractivity contribution in [3.8, 4) is 0 Å². The smallest absolute Gasteiger partial charge is 0.390 e. The van der Waals surface area contributed by atoms with E-state index in [1.807, 2.05) is 0 Å². The van der Waals surface area contributed by atoms with Gasteiger partial charge in [-0.25, -0.2) is 9.97 Å². The normalized spacial score (nSPS) is 11.1. The van der Waals surface area contributed by atoms with Gasteiger partial charge in [0, 0.05) is 12.1 Å². The Balaban J connectivity index is 1.97. The molecule has 0 spiro atoms. The number of nitrogens with zero attached hydrogens (tertiary/aromatic N) is 8. The van der Waals surface area contributed by atoms with E-state index < -0.39 is 10.9 Å². The minimum Gasteiger partial charge on any atom is -0.390 e. The van der Waals surface area contributed by atoms with Crippen LogP contribution in [0.3, 0.4) is 0 Å². The van der Waals surface area contributed by atoms with Crippen molar-refractivity contribution >= 4 is 22.8 Å². The van der Waals surface area contributed by atoms with Gasteiger partial charge in [-0.05, 0) is 4.92 Å². The van der Waals surface area contributed by atoms with Crippen LogP contribution in [-0.2, 0) is 13.6 Å². The van der Waals surface area contributed by atoms with Crippen LogP contribution in [0, 0.1) is 10.1 Å². The molecule has 11 nitrogen and oxygen atoms in total. The molecule has 2 N–H and O–H groups in total. The fourth-order valence-electron chi connectivity index (χ4n) is 1.75. The molecule has 3 aromatic rings. The van der Waals surface area contributed by atoms with E-state index in [1.165, 1.54) is 11.0 Å². The fourth-order valence-corrected chi connectivity index (χ4v) is 1.75. The van der Waals surface area contributed by atoms with Gasteiger partial charge >= 0.3 is 5.95 Å². The molecule has 3 aromatic heterocycles. The van der Waals surface area contributed by atoms with Crippen LogP contribution >= 0.6 is 0 Å². The lowest BCUT2D eigenvalue weighted by Crippen LogP contribution is -2.08. The molecule has 0 aliphatic heterocycles. The van der Waals surface area contributed by atoms with Crippen molar-refractivity contribution in [3.05, 3.63) is 28.5 Å². The molecule has 0 atom stereocenters. The van der Waals surface area contributed by atoms with E-state index in [2.05, 4.69) is 25.1 Å². The van der Waals surface area contributed by atoms with Gasteiger partial charge in [-0.2, -0.15) is 9.78 Å². The summed E-state index contributed by atoms with van der Waals surface area (Å²) < 4.78 is 2.84. The van der Waals surface area contributed by atoms with E-state index in [4.69, 9.17) is 5.73 Å². The topological polar surface area (TPSA) is 143 Å². The third-order valence-corrected chi connectivity index (χ3v) is 2.66. The summed E-state index contributed by atoms with van der Waals surface area (Å²) in [6, 6.07) is 0. The van der Waals surface area contributed by atoms with Gasteiger partial charge in [0.05, 0.1) is 11.6 Å². The molecule has 0 radical (unpaired) electrons. The van der Waals surface area contributed by atoms with Crippen LogP contribution in [-0.4, -0.2) is 39.4 Å². The van der Waals surface area contributed by atoms with E-state index in [0.717, 1.165) is 0 Å². The molecule has 3 rings (SSSR count). The summed E-state index contributed by atoms with van der Waals surface area (Å²) in [5, 5.41) is 18.9. The van der Waals surface area contributed by atoms with Crippen molar-refractivity contribution in [1.82, 2.24) is 34.5 Å². The Morgan fingerprint density at radius 3 is 2.95 bits per heavy atom. The number of nitrogens with two attached hydrogens (primary N) is 1. The number of nitro groups is 1. The van der Waals surface area contributed by atoms with Gasteiger partial charge in [0.25, 0.3) is 0 Å². The summed E-state index contributed by atoms with van der Waals surface area (Å²) in [7, 11) is 1.73. The first-order valence-corrected chi connectivity index (χ1v) is 5.52. The summed E-state index contributed by atoms with van der Waals surface area (Å²) in [4.78, 5) is 21.8. The summed E-state index contributed by atoms with van der Waals surface area (Å²) >= 11 is 0. The van der Waals surface area contributed by atoms with Crippen molar-refractivity contribution in [2.75, 3.05) is 5.73 Å². The molecule has 0 bridgehead atoms. The first kappa shape index (κ1) is 12.0. The summed E-state index contributed by atoms with van der Waals surface area (Å²) in [6.07, 6.45) is 2.82. The monoisotopic (exact) mass is 275 g/mol. The molecule has 102 valence electrons. The predicted octanol–water partition coefficient (Wildman–Crippen LogP) is -0.507. The summed E-state index contributed by atoms with van der Waals surface area (Å²) in [6.45, 7) is 0.131. The van der Waals surface area contributed by atoms with E-state index in [9.17, 15) is 10.1 Å². The first-order chi connectivity index (χ1) is 9.54. The number of rotatable bonds is 3. The van der Waals surface area contributed by atoms with Crippen molar-refractivity contribution in [2.45, 2.75) is 6.54 Å². The Bertz CT molecular complexity index is 805. The minimum atomic E-state index is -0.671. The van der Waals surface area contributed by atoms with Crippen LogP contribution in [0.15, 0.2) is 12.5 Å². The highest BCUT2D eigenvalue weighted by molar-refractivity contribution is 5.84. The largest absolute Gasteiger partial charge is 0.490 e. The zero-order valence-electron chi connectivity index (χ0n) is 10.3. The summed E-state index contributed by atoms with van der Waals surface area (Å²) in [5.74, 6) is 0.200. The van der Waals surface area contributed by atoms with Crippen LogP contribution in [0.5, 0.6) is 0 Å². The van der Waals surface area contributed by atoms with E-state index >= 15 is 0 Å². The molecule has 0 fully saturated rings. The first-order valence-electron chi connectivity index (χ1n) is 5.52. The third kappa shape index (κ3) is 1.90. The summed E-state index contributed by atoms with van der Waals surface area (Å²) in [5.41, 5.74) is 6.40. The molecule has 0 aliphatic rings. The molecule has 20 heavy (non-hydrogen) atoms. The number of hydrogen-bond acceptors (Lipinski definition) is 8. The molecular formula is C9H9N9O2. The molecule has 0 saturated heterocycles. The van der Waals surface area contributed by atoms with E-state index in [-0.39, 0.29) is 6.54 Å². The lowest BCUT2D eigenvalue weighted by molar-refractivity contribution is -0.394. The van der Waals surface area contributed by atoms with Crippen molar-refractivity contribution in [3.63, 3.8) is 0 Å². The molecule has 0 saturated carbocycles. The Hall–Kier alpha value is -3.11. The van der Waals surface area contributed by atoms with Crippen molar-refractivity contribution in [2.24, 2.45) is 7.05 Å². The Labute approximate surface area is 111 Å². The number of anilines is 1. The number of aryl methyl sites for hydroxylation is 1. The van der Waals surface area contributed by atoms with E-state index in [0.29, 0.717) is 22.7 Å². The van der Waals surface area contributed by atoms with Gasteiger partial charge < -0.3 is 15.8 Å². The number of aromatic nitrogens is 7. The maximum absolute atomic E-state index is 10.5. The Kier molecular flexibility index (Phi) is 2.52. The van der Waals surface area contributed by atoms with Gasteiger partial charge in [-0.3, -0.25) is 4.68 Å². The molecule has 11 heteroatoms. The molecule has 0 unspecified atom stereocenters. The second-order valence-electron chi connectivity index (χ2n) is 4.03. The zero-order valence-corrected chi connectivity index (χ0v) is 10.3. The van der Waals surface area contributed by atoms with Crippen LogP contribution in [0.25, 0.3) is 11.0 Å². The molecule has 0 aromatic carbocycles. The highest BCUT2D eigenvalue weighted by Crippen LogP contribution is 2.16. The average molecular weight is 275 g/mol. The number of fused-ring (bicyclic) bond motifs is 1. The second kappa shape index (κ2) is 4.22. The quantitative estimate of drug-likeness (QED) is 0.497. The average Bonchev–Trinajstić information content (AvgIpc) is 2.98.